The van der Waals surface area contributed by atoms with Gasteiger partial charge in [0, 0.05) is 0 Å². The number of hydrogen-bond donors (Lipinski definition) is 1. The monoisotopic (exact) mass is 217 g/mol. The third-order valence-electron chi connectivity index (χ3n) is 2.33. The number of rotatable bonds is 2. The van der Waals surface area contributed by atoms with Crippen LogP contribution in [-0.4, -0.2) is 13.2 Å². The topological polar surface area (TPSA) is 69.4 Å². The van der Waals surface area contributed by atoms with Crippen molar-refractivity contribution in [3.05, 3.63) is 23.3 Å². The Bertz CT molecular complexity index is 394. The summed E-state index contributed by atoms with van der Waals surface area (Å²) in [6.07, 6.45) is 4.04. The van der Waals surface area contributed by atoms with Crippen LogP contribution < -0.4 is 5.90 Å². The van der Waals surface area contributed by atoms with Gasteiger partial charge >= 0.3 is 0 Å². The summed E-state index contributed by atoms with van der Waals surface area (Å²) in [6.45, 7) is 5.35. The summed E-state index contributed by atoms with van der Waals surface area (Å²) < 4.78 is 26.1. The van der Waals surface area contributed by atoms with Gasteiger partial charge in [-0.05, 0) is 27.2 Å². The van der Waals surface area contributed by atoms with Crippen molar-refractivity contribution in [3.8, 4) is 0 Å². The smallest absolute Gasteiger partial charge is 0.198 e. The van der Waals surface area contributed by atoms with Crippen LogP contribution in [0.5, 0.6) is 0 Å². The lowest BCUT2D eigenvalue weighted by Crippen LogP contribution is -2.38. The Balaban J connectivity index is 3.18. The molecule has 0 amide bonds. The van der Waals surface area contributed by atoms with Crippen molar-refractivity contribution in [2.24, 2.45) is 5.90 Å². The highest BCUT2D eigenvalue weighted by atomic mass is 32.2. The van der Waals surface area contributed by atoms with Crippen LogP contribution in [0.3, 0.4) is 0 Å². The molecule has 0 aromatic rings. The molecule has 0 aliphatic heterocycles. The second-order valence-electron chi connectivity index (χ2n) is 3.92. The van der Waals surface area contributed by atoms with E-state index < -0.39 is 14.9 Å². The first kappa shape index (κ1) is 11.4. The van der Waals surface area contributed by atoms with Gasteiger partial charge in [-0.3, -0.25) is 0 Å². The van der Waals surface area contributed by atoms with Crippen molar-refractivity contribution in [1.82, 2.24) is 0 Å². The average molecular weight is 217 g/mol. The number of hydrogen-bond acceptors (Lipinski definition) is 4. The molecule has 1 atom stereocenters. The first-order valence-electron chi connectivity index (χ1n) is 4.30. The van der Waals surface area contributed by atoms with Crippen molar-refractivity contribution >= 4 is 10.1 Å². The van der Waals surface area contributed by atoms with E-state index in [2.05, 4.69) is 4.28 Å². The maximum absolute atomic E-state index is 11.5. The predicted molar refractivity (Wildman–Crippen MR) is 54.7 cm³/mol. The molecule has 0 bridgehead atoms. The van der Waals surface area contributed by atoms with Gasteiger partial charge in [0.2, 0.25) is 0 Å². The Morgan fingerprint density at radius 3 is 2.50 bits per heavy atom. The molecule has 0 radical (unpaired) electrons. The van der Waals surface area contributed by atoms with E-state index in [1.807, 2.05) is 19.9 Å². The van der Waals surface area contributed by atoms with Gasteiger partial charge in [0.05, 0.1) is 0 Å². The Hall–Kier alpha value is -0.650. The molecule has 14 heavy (non-hydrogen) atoms. The fraction of sp³-hybridized carbons (Fsp3) is 0.556. The fourth-order valence-corrected chi connectivity index (χ4v) is 2.79. The van der Waals surface area contributed by atoms with Crippen LogP contribution in [0.15, 0.2) is 23.3 Å². The summed E-state index contributed by atoms with van der Waals surface area (Å²) >= 11 is 0. The first-order valence-corrected chi connectivity index (χ1v) is 5.71. The minimum Gasteiger partial charge on any atom is -0.198 e. The molecule has 80 valence electrons. The van der Waals surface area contributed by atoms with Gasteiger partial charge in [-0.1, -0.05) is 23.3 Å². The highest BCUT2D eigenvalue weighted by Crippen LogP contribution is 2.33. The average Bonchev–Trinajstić information content (AvgIpc) is 2.01. The van der Waals surface area contributed by atoms with Gasteiger partial charge in [-0.25, -0.2) is 0 Å². The van der Waals surface area contributed by atoms with Crippen molar-refractivity contribution in [2.75, 3.05) is 0 Å². The zero-order valence-electron chi connectivity index (χ0n) is 8.57. The van der Waals surface area contributed by atoms with E-state index in [-0.39, 0.29) is 0 Å². The standard InChI is InChI=1S/C9H15NO3S/c1-7-4-8(2)6-9(3,5-7)14(11,12)13-10/h4-5H,6,10H2,1-3H3. The summed E-state index contributed by atoms with van der Waals surface area (Å²) in [6, 6.07) is 0. The van der Waals surface area contributed by atoms with Gasteiger partial charge < -0.3 is 0 Å². The van der Waals surface area contributed by atoms with Crippen LogP contribution in [0, 0.1) is 0 Å². The molecule has 1 aliphatic carbocycles. The van der Waals surface area contributed by atoms with E-state index in [1.165, 1.54) is 0 Å². The Morgan fingerprint density at radius 2 is 2.07 bits per heavy atom. The van der Waals surface area contributed by atoms with E-state index in [4.69, 9.17) is 5.90 Å². The van der Waals surface area contributed by atoms with Gasteiger partial charge in [-0.15, -0.1) is 0 Å². The molecule has 0 heterocycles. The van der Waals surface area contributed by atoms with Gasteiger partial charge in [0.15, 0.2) is 0 Å². The van der Waals surface area contributed by atoms with E-state index in [9.17, 15) is 8.42 Å². The quantitative estimate of drug-likeness (QED) is 0.707. The van der Waals surface area contributed by atoms with E-state index in [0.717, 1.165) is 11.1 Å². The van der Waals surface area contributed by atoms with Crippen LogP contribution in [0.4, 0.5) is 0 Å². The molecule has 0 saturated heterocycles. The van der Waals surface area contributed by atoms with E-state index >= 15 is 0 Å². The molecular weight excluding hydrogens is 202 g/mol. The molecule has 0 aromatic heterocycles. The van der Waals surface area contributed by atoms with Crippen molar-refractivity contribution in [1.29, 1.82) is 0 Å². The predicted octanol–water partition coefficient (Wildman–Crippen LogP) is 1.26. The molecule has 0 spiro atoms. The lowest BCUT2D eigenvalue weighted by atomic mass is 9.92. The van der Waals surface area contributed by atoms with Crippen LogP contribution in [-0.2, 0) is 14.4 Å². The molecule has 0 aromatic carbocycles. The Morgan fingerprint density at radius 1 is 1.50 bits per heavy atom. The largest absolute Gasteiger partial charge is 0.292 e. The Kier molecular flexibility index (Phi) is 2.85. The lowest BCUT2D eigenvalue weighted by Gasteiger charge is -2.28. The van der Waals surface area contributed by atoms with Crippen LogP contribution >= 0.6 is 0 Å². The highest BCUT2D eigenvalue weighted by molar-refractivity contribution is 7.88. The third-order valence-corrected chi connectivity index (χ3v) is 3.99. The number of nitrogens with two attached hydrogens (primary N) is 1. The van der Waals surface area contributed by atoms with Crippen LogP contribution in [0.1, 0.15) is 27.2 Å². The second-order valence-corrected chi connectivity index (χ2v) is 5.95. The molecule has 0 fully saturated rings. The van der Waals surface area contributed by atoms with Crippen LogP contribution in [0.2, 0.25) is 0 Å². The lowest BCUT2D eigenvalue weighted by molar-refractivity contribution is 0.317. The van der Waals surface area contributed by atoms with Crippen molar-refractivity contribution < 1.29 is 12.7 Å². The van der Waals surface area contributed by atoms with Gasteiger partial charge in [0.25, 0.3) is 10.1 Å². The summed E-state index contributed by atoms with van der Waals surface area (Å²) in [5.74, 6) is 4.78. The Labute approximate surface area is 84.5 Å². The molecule has 5 heteroatoms. The summed E-state index contributed by atoms with van der Waals surface area (Å²) in [4.78, 5) is 0. The molecule has 1 aliphatic rings. The van der Waals surface area contributed by atoms with Crippen LogP contribution in [0.25, 0.3) is 0 Å². The van der Waals surface area contributed by atoms with E-state index in [0.29, 0.717) is 6.42 Å². The molecule has 2 N–H and O–H groups in total. The molecule has 4 nitrogen and oxygen atoms in total. The van der Waals surface area contributed by atoms with Gasteiger partial charge in [-0.2, -0.15) is 18.6 Å². The molecule has 1 rings (SSSR count). The second kappa shape index (κ2) is 3.49. The fourth-order valence-electron chi connectivity index (χ4n) is 1.84. The minimum absolute atomic E-state index is 0.421. The number of allylic oxidation sites excluding steroid dienone is 3. The minimum atomic E-state index is -3.73. The zero-order chi connectivity index (χ0) is 11.0. The SMILES string of the molecule is CC1=CC(C)(S(=O)(=O)ON)CC(C)=C1. The highest BCUT2D eigenvalue weighted by Gasteiger charge is 2.39. The molecule has 1 unspecified atom stereocenters. The molecular formula is C9H15NO3S. The van der Waals surface area contributed by atoms with Crippen molar-refractivity contribution in [2.45, 2.75) is 31.9 Å². The maximum Gasteiger partial charge on any atom is 0.292 e. The first-order chi connectivity index (χ1) is 6.31. The third kappa shape index (κ3) is 1.89. The summed E-state index contributed by atoms with van der Waals surface area (Å²) in [5, 5.41) is 0. The summed E-state index contributed by atoms with van der Waals surface area (Å²) in [5.41, 5.74) is 1.92. The zero-order valence-corrected chi connectivity index (χ0v) is 9.39. The molecule has 0 saturated carbocycles. The maximum atomic E-state index is 11.5. The van der Waals surface area contributed by atoms with E-state index in [1.54, 1.807) is 13.0 Å². The van der Waals surface area contributed by atoms with Crippen molar-refractivity contribution in [3.63, 3.8) is 0 Å². The summed E-state index contributed by atoms with van der Waals surface area (Å²) in [7, 11) is -3.73. The normalized spacial score (nSPS) is 28.3. The van der Waals surface area contributed by atoms with Gasteiger partial charge in [0.1, 0.15) is 4.75 Å².